The Bertz CT molecular complexity index is 380. The van der Waals surface area contributed by atoms with Crippen LogP contribution in [-0.2, 0) is 9.53 Å². The summed E-state index contributed by atoms with van der Waals surface area (Å²) >= 11 is 0. The van der Waals surface area contributed by atoms with Crippen molar-refractivity contribution in [3.63, 3.8) is 0 Å². The Morgan fingerprint density at radius 1 is 1.21 bits per heavy atom. The Balaban J connectivity index is 0.00000144. The second kappa shape index (κ2) is 10.2. The summed E-state index contributed by atoms with van der Waals surface area (Å²) in [5.41, 5.74) is 6.32. The summed E-state index contributed by atoms with van der Waals surface area (Å²) in [5.74, 6) is 1.58. The number of carbonyl (C=O) groups is 1. The van der Waals surface area contributed by atoms with E-state index in [0.29, 0.717) is 23.9 Å². The first-order valence-corrected chi connectivity index (χ1v) is 9.00. The van der Waals surface area contributed by atoms with Crippen LogP contribution in [0.4, 0.5) is 0 Å². The van der Waals surface area contributed by atoms with E-state index in [1.54, 1.807) is 0 Å². The zero-order valence-electron chi connectivity index (χ0n) is 14.6. The van der Waals surface area contributed by atoms with Crippen molar-refractivity contribution in [1.82, 2.24) is 10.2 Å². The third kappa shape index (κ3) is 5.21. The number of fused-ring (bicyclic) bond motifs is 2. The van der Waals surface area contributed by atoms with E-state index in [0.717, 1.165) is 45.7 Å². The molecule has 142 valence electrons. The molecule has 1 saturated heterocycles. The number of nitrogens with one attached hydrogen (secondary N) is 1. The molecule has 0 aromatic heterocycles. The molecule has 1 amide bonds. The van der Waals surface area contributed by atoms with Crippen molar-refractivity contribution >= 4 is 30.7 Å². The fourth-order valence-electron chi connectivity index (χ4n) is 4.54. The van der Waals surface area contributed by atoms with Crippen LogP contribution in [-0.4, -0.2) is 55.7 Å². The third-order valence-electron chi connectivity index (χ3n) is 6.02. The number of hydrogen-bond acceptors (Lipinski definition) is 4. The van der Waals surface area contributed by atoms with Crippen molar-refractivity contribution in [2.75, 3.05) is 32.8 Å². The lowest BCUT2D eigenvalue weighted by Crippen LogP contribution is -2.51. The summed E-state index contributed by atoms with van der Waals surface area (Å²) in [6, 6.07) is 0.725. The molecule has 3 aliphatic rings. The molecular weight excluding hydrogens is 349 g/mol. The van der Waals surface area contributed by atoms with Gasteiger partial charge in [-0.3, -0.25) is 9.69 Å². The van der Waals surface area contributed by atoms with Crippen LogP contribution in [0.25, 0.3) is 0 Å². The van der Waals surface area contributed by atoms with Crippen LogP contribution < -0.4 is 11.1 Å². The van der Waals surface area contributed by atoms with Crippen molar-refractivity contribution < 1.29 is 9.53 Å². The minimum atomic E-state index is 0. The van der Waals surface area contributed by atoms with Gasteiger partial charge in [0.1, 0.15) is 0 Å². The number of amides is 1. The number of carbonyl (C=O) groups excluding carboxylic acids is 1. The summed E-state index contributed by atoms with van der Waals surface area (Å²) in [4.78, 5) is 14.9. The van der Waals surface area contributed by atoms with Crippen LogP contribution in [0, 0.1) is 17.8 Å². The van der Waals surface area contributed by atoms with Gasteiger partial charge in [0.25, 0.3) is 0 Å². The molecule has 3 rings (SSSR count). The van der Waals surface area contributed by atoms with Crippen LogP contribution in [0.15, 0.2) is 0 Å². The average molecular weight is 382 g/mol. The van der Waals surface area contributed by atoms with Gasteiger partial charge in [0.05, 0.1) is 13.2 Å². The van der Waals surface area contributed by atoms with Gasteiger partial charge in [-0.05, 0) is 44.4 Å². The number of rotatable bonds is 4. The Hall–Kier alpha value is -0.0700. The maximum absolute atomic E-state index is 12.5. The molecule has 0 aromatic carbocycles. The topological polar surface area (TPSA) is 67.6 Å². The second-order valence-corrected chi connectivity index (χ2v) is 7.44. The molecule has 0 aromatic rings. The van der Waals surface area contributed by atoms with Gasteiger partial charge in [-0.2, -0.15) is 0 Å². The van der Waals surface area contributed by atoms with Gasteiger partial charge in [-0.25, -0.2) is 0 Å². The maximum Gasteiger partial charge on any atom is 0.223 e. The normalized spacial score (nSPS) is 34.4. The predicted octanol–water partition coefficient (Wildman–Crippen LogP) is 1.82. The number of morpholine rings is 1. The monoisotopic (exact) mass is 381 g/mol. The van der Waals surface area contributed by atoms with Crippen molar-refractivity contribution in [3.05, 3.63) is 0 Å². The summed E-state index contributed by atoms with van der Waals surface area (Å²) in [5, 5.41) is 3.19. The molecule has 24 heavy (non-hydrogen) atoms. The van der Waals surface area contributed by atoms with Crippen LogP contribution in [0.3, 0.4) is 0 Å². The molecule has 2 saturated carbocycles. The number of nitrogens with zero attached hydrogens (tertiary/aromatic N) is 1. The highest BCUT2D eigenvalue weighted by molar-refractivity contribution is 5.85. The average Bonchev–Trinajstić information content (AvgIpc) is 2.53. The molecule has 3 atom stereocenters. The van der Waals surface area contributed by atoms with Crippen LogP contribution in [0.2, 0.25) is 0 Å². The molecule has 3 N–H and O–H groups in total. The smallest absolute Gasteiger partial charge is 0.223 e. The molecule has 0 radical (unpaired) electrons. The zero-order chi connectivity index (χ0) is 15.5. The van der Waals surface area contributed by atoms with Gasteiger partial charge in [-0.15, -0.1) is 24.8 Å². The van der Waals surface area contributed by atoms with E-state index in [1.165, 1.54) is 19.3 Å². The lowest BCUT2D eigenvalue weighted by atomic mass is 9.65. The second-order valence-electron chi connectivity index (χ2n) is 7.44. The minimum absolute atomic E-state index is 0. The molecule has 7 heteroatoms. The van der Waals surface area contributed by atoms with Gasteiger partial charge in [-0.1, -0.05) is 6.42 Å². The van der Waals surface area contributed by atoms with Crippen LogP contribution in [0.5, 0.6) is 0 Å². The molecule has 3 unspecified atom stereocenters. The van der Waals surface area contributed by atoms with E-state index in [9.17, 15) is 4.79 Å². The molecule has 2 aliphatic carbocycles. The number of ether oxygens (including phenoxy) is 1. The van der Waals surface area contributed by atoms with E-state index < -0.39 is 0 Å². The van der Waals surface area contributed by atoms with Crippen molar-refractivity contribution in [1.29, 1.82) is 0 Å². The lowest BCUT2D eigenvalue weighted by Gasteiger charge is -2.43. The third-order valence-corrected chi connectivity index (χ3v) is 6.02. The first kappa shape index (κ1) is 22.0. The molecule has 0 spiro atoms. The standard InChI is InChI=1S/C17H31N3O2.2ClH/c1-12(20-5-7-22-8-6-20)11-19-17(21)15-9-13-3-2-4-14(10-15)16(13)18;;/h12-16H,2-11,18H2,1H3,(H,19,21);2*1H. The highest BCUT2D eigenvalue weighted by Crippen LogP contribution is 2.41. The summed E-state index contributed by atoms with van der Waals surface area (Å²) in [6.07, 6.45) is 5.72. The summed E-state index contributed by atoms with van der Waals surface area (Å²) in [6.45, 7) is 6.50. The molecule has 1 heterocycles. The van der Waals surface area contributed by atoms with Gasteiger partial charge in [0, 0.05) is 37.6 Å². The van der Waals surface area contributed by atoms with Gasteiger partial charge in [0.15, 0.2) is 0 Å². The van der Waals surface area contributed by atoms with Crippen molar-refractivity contribution in [2.45, 2.75) is 51.1 Å². The van der Waals surface area contributed by atoms with Gasteiger partial charge in [0.2, 0.25) is 5.91 Å². The Morgan fingerprint density at radius 2 is 1.79 bits per heavy atom. The van der Waals surface area contributed by atoms with Crippen molar-refractivity contribution in [3.8, 4) is 0 Å². The molecule has 2 bridgehead atoms. The highest BCUT2D eigenvalue weighted by atomic mass is 35.5. The quantitative estimate of drug-likeness (QED) is 0.779. The van der Waals surface area contributed by atoms with Crippen LogP contribution in [0.1, 0.15) is 39.0 Å². The molecule has 3 fully saturated rings. The number of halogens is 2. The van der Waals surface area contributed by atoms with E-state index in [1.807, 2.05) is 0 Å². The fraction of sp³-hybridized carbons (Fsp3) is 0.941. The minimum Gasteiger partial charge on any atom is -0.379 e. The highest BCUT2D eigenvalue weighted by Gasteiger charge is 2.40. The molecular formula is C17H33Cl2N3O2. The first-order chi connectivity index (χ1) is 10.6. The SMILES string of the molecule is CC(CNC(=O)C1CC2CCCC(C1)C2N)N1CCOCC1.Cl.Cl. The number of nitrogens with two attached hydrogens (primary N) is 1. The number of hydrogen-bond donors (Lipinski definition) is 2. The Morgan fingerprint density at radius 3 is 2.38 bits per heavy atom. The van der Waals surface area contributed by atoms with Gasteiger partial charge < -0.3 is 15.8 Å². The molecule has 5 nitrogen and oxygen atoms in total. The van der Waals surface area contributed by atoms with E-state index in [2.05, 4.69) is 17.1 Å². The van der Waals surface area contributed by atoms with Gasteiger partial charge >= 0.3 is 0 Å². The molecule has 1 aliphatic heterocycles. The zero-order valence-corrected chi connectivity index (χ0v) is 16.2. The predicted molar refractivity (Wildman–Crippen MR) is 101 cm³/mol. The van der Waals surface area contributed by atoms with Crippen molar-refractivity contribution in [2.24, 2.45) is 23.5 Å². The lowest BCUT2D eigenvalue weighted by molar-refractivity contribution is -0.128. The van der Waals surface area contributed by atoms with E-state index in [-0.39, 0.29) is 36.6 Å². The first-order valence-electron chi connectivity index (χ1n) is 9.00. The summed E-state index contributed by atoms with van der Waals surface area (Å²) < 4.78 is 5.38. The summed E-state index contributed by atoms with van der Waals surface area (Å²) in [7, 11) is 0. The Kier molecular flexibility index (Phi) is 9.31. The van der Waals surface area contributed by atoms with E-state index >= 15 is 0 Å². The fourth-order valence-corrected chi connectivity index (χ4v) is 4.54. The maximum atomic E-state index is 12.5. The Labute approximate surface area is 158 Å². The van der Waals surface area contributed by atoms with E-state index in [4.69, 9.17) is 10.5 Å². The largest absolute Gasteiger partial charge is 0.379 e. The van der Waals surface area contributed by atoms with Crippen LogP contribution >= 0.6 is 24.8 Å².